The standard InChI is InChI=1S/C14H24O2S/c1-4-5-6-7-8-9-10-14(3)12(15)11(2)13(16)17-14/h15H,4-10H2,1-3H3/t14-/m1/s1. The molecule has 0 aliphatic carbocycles. The second-order valence-electron chi connectivity index (χ2n) is 5.11. The Morgan fingerprint density at radius 3 is 2.29 bits per heavy atom. The zero-order chi connectivity index (χ0) is 12.9. The van der Waals surface area contributed by atoms with Crippen molar-refractivity contribution in [3.05, 3.63) is 11.3 Å². The molecule has 0 radical (unpaired) electrons. The van der Waals surface area contributed by atoms with Crippen LogP contribution in [0.15, 0.2) is 11.3 Å². The number of carbonyl (C=O) groups is 1. The van der Waals surface area contributed by atoms with Crippen LogP contribution in [-0.2, 0) is 4.79 Å². The van der Waals surface area contributed by atoms with E-state index in [1.165, 1.54) is 43.9 Å². The van der Waals surface area contributed by atoms with Gasteiger partial charge in [-0.05, 0) is 20.3 Å². The highest BCUT2D eigenvalue weighted by molar-refractivity contribution is 8.15. The molecule has 0 amide bonds. The molecule has 0 aromatic carbocycles. The van der Waals surface area contributed by atoms with Crippen LogP contribution in [0, 0.1) is 0 Å². The van der Waals surface area contributed by atoms with Gasteiger partial charge in [0.1, 0.15) is 5.76 Å². The van der Waals surface area contributed by atoms with Crippen LogP contribution in [0.25, 0.3) is 0 Å². The summed E-state index contributed by atoms with van der Waals surface area (Å²) in [6, 6.07) is 0. The molecule has 0 fully saturated rings. The molecule has 3 heteroatoms. The number of thioether (sulfide) groups is 1. The quantitative estimate of drug-likeness (QED) is 0.676. The molecule has 0 saturated carbocycles. The van der Waals surface area contributed by atoms with E-state index >= 15 is 0 Å². The van der Waals surface area contributed by atoms with E-state index in [1.807, 2.05) is 6.92 Å². The SMILES string of the molecule is CCCCCCCC[C@@]1(C)SC(=O)C(C)=C1O. The summed E-state index contributed by atoms with van der Waals surface area (Å²) in [6.45, 7) is 5.91. The molecule has 1 N–H and O–H groups in total. The van der Waals surface area contributed by atoms with Gasteiger partial charge >= 0.3 is 0 Å². The molecule has 1 aliphatic heterocycles. The van der Waals surface area contributed by atoms with E-state index in [9.17, 15) is 9.90 Å². The topological polar surface area (TPSA) is 37.3 Å². The van der Waals surface area contributed by atoms with Gasteiger partial charge in [-0.25, -0.2) is 0 Å². The average Bonchev–Trinajstić information content (AvgIpc) is 2.48. The lowest BCUT2D eigenvalue weighted by Gasteiger charge is -2.22. The fourth-order valence-electron chi connectivity index (χ4n) is 2.23. The van der Waals surface area contributed by atoms with Gasteiger partial charge in [0.25, 0.3) is 0 Å². The van der Waals surface area contributed by atoms with Crippen LogP contribution < -0.4 is 0 Å². The highest BCUT2D eigenvalue weighted by atomic mass is 32.2. The minimum atomic E-state index is -0.355. The monoisotopic (exact) mass is 256 g/mol. The van der Waals surface area contributed by atoms with Gasteiger partial charge in [-0.2, -0.15) is 0 Å². The first kappa shape index (κ1) is 14.6. The lowest BCUT2D eigenvalue weighted by molar-refractivity contribution is -0.107. The van der Waals surface area contributed by atoms with Crippen molar-refractivity contribution >= 4 is 16.9 Å². The number of aliphatic hydroxyl groups is 1. The Kier molecular flexibility index (Phi) is 5.57. The van der Waals surface area contributed by atoms with Gasteiger partial charge in [0, 0.05) is 5.57 Å². The molecular formula is C14H24O2S. The summed E-state index contributed by atoms with van der Waals surface area (Å²) >= 11 is 1.29. The molecular weight excluding hydrogens is 232 g/mol. The van der Waals surface area contributed by atoms with Gasteiger partial charge in [-0.15, -0.1) is 0 Å². The molecule has 0 saturated heterocycles. The molecule has 0 unspecified atom stereocenters. The first-order chi connectivity index (χ1) is 8.01. The Labute approximate surface area is 109 Å². The lowest BCUT2D eigenvalue weighted by atomic mass is 9.97. The maximum absolute atomic E-state index is 11.5. The summed E-state index contributed by atoms with van der Waals surface area (Å²) in [5.74, 6) is 0.307. The third kappa shape index (κ3) is 3.77. The van der Waals surface area contributed by atoms with Gasteiger partial charge in [-0.1, -0.05) is 57.2 Å². The van der Waals surface area contributed by atoms with Crippen molar-refractivity contribution in [2.75, 3.05) is 0 Å². The Morgan fingerprint density at radius 2 is 1.76 bits per heavy atom. The van der Waals surface area contributed by atoms with Crippen molar-refractivity contribution in [1.29, 1.82) is 0 Å². The molecule has 0 spiro atoms. The van der Waals surface area contributed by atoms with E-state index in [0.717, 1.165) is 12.8 Å². The van der Waals surface area contributed by atoms with Crippen LogP contribution in [-0.4, -0.2) is 15.0 Å². The van der Waals surface area contributed by atoms with E-state index in [2.05, 4.69) is 6.92 Å². The number of rotatable bonds is 7. The van der Waals surface area contributed by atoms with Gasteiger partial charge in [0.15, 0.2) is 0 Å². The van der Waals surface area contributed by atoms with Crippen LogP contribution in [0.4, 0.5) is 0 Å². The molecule has 0 aromatic heterocycles. The van der Waals surface area contributed by atoms with Crippen molar-refractivity contribution in [1.82, 2.24) is 0 Å². The van der Waals surface area contributed by atoms with Crippen molar-refractivity contribution in [3.8, 4) is 0 Å². The van der Waals surface area contributed by atoms with E-state index in [1.54, 1.807) is 6.92 Å². The van der Waals surface area contributed by atoms with Crippen LogP contribution in [0.3, 0.4) is 0 Å². The Balaban J connectivity index is 2.30. The molecule has 17 heavy (non-hydrogen) atoms. The maximum atomic E-state index is 11.5. The van der Waals surface area contributed by atoms with Crippen LogP contribution in [0.2, 0.25) is 0 Å². The molecule has 0 bridgehead atoms. The second-order valence-corrected chi connectivity index (χ2v) is 6.59. The Bertz CT molecular complexity index is 309. The maximum Gasteiger partial charge on any atom is 0.219 e. The predicted molar refractivity (Wildman–Crippen MR) is 74.3 cm³/mol. The highest BCUT2D eigenvalue weighted by Crippen LogP contribution is 2.45. The lowest BCUT2D eigenvalue weighted by Crippen LogP contribution is -2.20. The smallest absolute Gasteiger partial charge is 0.219 e. The fraction of sp³-hybridized carbons (Fsp3) is 0.786. The minimum Gasteiger partial charge on any atom is -0.510 e. The number of aliphatic hydroxyl groups excluding tert-OH is 1. The van der Waals surface area contributed by atoms with Crippen LogP contribution in [0.5, 0.6) is 0 Å². The van der Waals surface area contributed by atoms with E-state index in [0.29, 0.717) is 11.3 Å². The third-order valence-corrected chi connectivity index (χ3v) is 4.83. The number of hydrogen-bond acceptors (Lipinski definition) is 3. The fourth-order valence-corrected chi connectivity index (χ4v) is 3.39. The molecule has 2 nitrogen and oxygen atoms in total. The third-order valence-electron chi connectivity index (χ3n) is 3.49. The van der Waals surface area contributed by atoms with E-state index in [4.69, 9.17) is 0 Å². The summed E-state index contributed by atoms with van der Waals surface area (Å²) in [7, 11) is 0. The number of hydrogen-bond donors (Lipinski definition) is 1. The first-order valence-electron chi connectivity index (χ1n) is 6.65. The normalized spacial score (nSPS) is 24.8. The van der Waals surface area contributed by atoms with Crippen molar-refractivity contribution in [2.45, 2.75) is 70.5 Å². The van der Waals surface area contributed by atoms with E-state index in [-0.39, 0.29) is 9.86 Å². The highest BCUT2D eigenvalue weighted by Gasteiger charge is 2.41. The molecule has 98 valence electrons. The van der Waals surface area contributed by atoms with Gasteiger partial charge < -0.3 is 5.11 Å². The molecule has 0 aromatic rings. The zero-order valence-corrected chi connectivity index (χ0v) is 12.0. The molecule has 1 rings (SSSR count). The predicted octanol–water partition coefficient (Wildman–Crippen LogP) is 4.60. The van der Waals surface area contributed by atoms with Crippen molar-refractivity contribution in [3.63, 3.8) is 0 Å². The summed E-state index contributed by atoms with van der Waals surface area (Å²) < 4.78 is -0.355. The van der Waals surface area contributed by atoms with Crippen molar-refractivity contribution in [2.24, 2.45) is 0 Å². The summed E-state index contributed by atoms with van der Waals surface area (Å²) in [6.07, 6.45) is 8.36. The van der Waals surface area contributed by atoms with Gasteiger partial charge in [0.05, 0.1) is 4.75 Å². The number of unbranched alkanes of at least 4 members (excludes halogenated alkanes) is 5. The molecule has 1 heterocycles. The van der Waals surface area contributed by atoms with Crippen LogP contribution >= 0.6 is 11.8 Å². The summed E-state index contributed by atoms with van der Waals surface area (Å²) in [5.41, 5.74) is 0.545. The Hall–Kier alpha value is -0.440. The second kappa shape index (κ2) is 6.48. The average molecular weight is 256 g/mol. The van der Waals surface area contributed by atoms with E-state index < -0.39 is 0 Å². The Morgan fingerprint density at radius 1 is 1.18 bits per heavy atom. The molecule has 1 atom stereocenters. The summed E-state index contributed by atoms with van der Waals surface area (Å²) in [4.78, 5) is 11.5. The summed E-state index contributed by atoms with van der Waals surface area (Å²) in [5, 5.41) is 10.0. The largest absolute Gasteiger partial charge is 0.510 e. The van der Waals surface area contributed by atoms with Gasteiger partial charge in [0.2, 0.25) is 5.12 Å². The van der Waals surface area contributed by atoms with Gasteiger partial charge in [-0.3, -0.25) is 4.79 Å². The van der Waals surface area contributed by atoms with Crippen molar-refractivity contribution < 1.29 is 9.90 Å². The zero-order valence-electron chi connectivity index (χ0n) is 11.2. The minimum absolute atomic E-state index is 0.0379. The molecule has 1 aliphatic rings. The first-order valence-corrected chi connectivity index (χ1v) is 7.46. The van der Waals surface area contributed by atoms with Crippen LogP contribution in [0.1, 0.15) is 65.7 Å². The number of carbonyl (C=O) groups excluding carboxylic acids is 1.